The van der Waals surface area contributed by atoms with Gasteiger partial charge in [-0.25, -0.2) is 9.59 Å². The summed E-state index contributed by atoms with van der Waals surface area (Å²) >= 11 is 0. The molecule has 1 aromatic carbocycles. The van der Waals surface area contributed by atoms with Gasteiger partial charge in [0.25, 0.3) is 11.8 Å². The molecule has 0 atom stereocenters. The Bertz CT molecular complexity index is 668. The van der Waals surface area contributed by atoms with Gasteiger partial charge in [-0.3, -0.25) is 20.4 Å². The van der Waals surface area contributed by atoms with Crippen molar-refractivity contribution in [1.82, 2.24) is 10.9 Å². The Hall–Kier alpha value is -3.36. The second-order valence-electron chi connectivity index (χ2n) is 4.66. The number of carbonyl (C=O) groups is 4. The van der Waals surface area contributed by atoms with Crippen molar-refractivity contribution < 1.29 is 33.4 Å². The molecule has 0 unspecified atom stereocenters. The van der Waals surface area contributed by atoms with Gasteiger partial charge in [-0.1, -0.05) is 0 Å². The van der Waals surface area contributed by atoms with Gasteiger partial charge >= 0.3 is 11.9 Å². The lowest BCUT2D eigenvalue weighted by molar-refractivity contribution is -0.137. The molecule has 0 saturated carbocycles. The van der Waals surface area contributed by atoms with E-state index in [-0.39, 0.29) is 19.8 Å². The molecule has 0 fully saturated rings. The largest absolute Gasteiger partial charge is 0.484 e. The van der Waals surface area contributed by atoms with E-state index in [1.54, 1.807) is 13.8 Å². The summed E-state index contributed by atoms with van der Waals surface area (Å²) in [5.41, 5.74) is 4.56. The molecule has 0 aliphatic carbocycles. The summed E-state index contributed by atoms with van der Waals surface area (Å²) < 4.78 is 14.7. The van der Waals surface area contributed by atoms with E-state index in [0.717, 1.165) is 12.2 Å². The van der Waals surface area contributed by atoms with Crippen molar-refractivity contribution in [3.05, 3.63) is 42.0 Å². The molecule has 1 aromatic rings. The first-order chi connectivity index (χ1) is 12.5. The molecule has 9 nitrogen and oxygen atoms in total. The minimum atomic E-state index is -0.704. The third kappa shape index (κ3) is 7.95. The summed E-state index contributed by atoms with van der Waals surface area (Å²) in [4.78, 5) is 45.5. The SMILES string of the molecule is CCOC(=O)C=CC(=O)NNC(=O)COc1ccc(C(=O)OCC)cc1. The number of carbonyl (C=O) groups excluding carboxylic acids is 4. The summed E-state index contributed by atoms with van der Waals surface area (Å²) in [6, 6.07) is 6.04. The molecule has 0 heterocycles. The van der Waals surface area contributed by atoms with Crippen LogP contribution in [0.25, 0.3) is 0 Å². The van der Waals surface area contributed by atoms with E-state index >= 15 is 0 Å². The van der Waals surface area contributed by atoms with Crippen LogP contribution in [-0.4, -0.2) is 43.6 Å². The van der Waals surface area contributed by atoms with Crippen LogP contribution in [0, 0.1) is 0 Å². The van der Waals surface area contributed by atoms with Gasteiger partial charge < -0.3 is 14.2 Å². The van der Waals surface area contributed by atoms with Crippen molar-refractivity contribution in [3.63, 3.8) is 0 Å². The fraction of sp³-hybridized carbons (Fsp3) is 0.294. The van der Waals surface area contributed by atoms with Crippen molar-refractivity contribution in [1.29, 1.82) is 0 Å². The van der Waals surface area contributed by atoms with Crippen LogP contribution in [0.15, 0.2) is 36.4 Å². The van der Waals surface area contributed by atoms with Gasteiger partial charge in [0.2, 0.25) is 0 Å². The summed E-state index contributed by atoms with van der Waals surface area (Å²) in [6.45, 7) is 3.45. The van der Waals surface area contributed by atoms with Crippen LogP contribution in [0.5, 0.6) is 5.75 Å². The number of hydrogen-bond donors (Lipinski definition) is 2. The van der Waals surface area contributed by atoms with Gasteiger partial charge in [-0.2, -0.15) is 0 Å². The van der Waals surface area contributed by atoms with Gasteiger partial charge in [-0.05, 0) is 38.1 Å². The monoisotopic (exact) mass is 364 g/mol. The second-order valence-corrected chi connectivity index (χ2v) is 4.66. The molecule has 0 aliphatic heterocycles. The Morgan fingerprint density at radius 3 is 2.19 bits per heavy atom. The van der Waals surface area contributed by atoms with Gasteiger partial charge in [0.05, 0.1) is 18.8 Å². The van der Waals surface area contributed by atoms with E-state index in [4.69, 9.17) is 9.47 Å². The van der Waals surface area contributed by atoms with E-state index in [0.29, 0.717) is 11.3 Å². The highest BCUT2D eigenvalue weighted by molar-refractivity contribution is 5.95. The van der Waals surface area contributed by atoms with E-state index in [1.165, 1.54) is 24.3 Å². The summed E-state index contributed by atoms with van der Waals surface area (Å²) in [6.07, 6.45) is 1.86. The molecule has 0 saturated heterocycles. The minimum Gasteiger partial charge on any atom is -0.484 e. The Balaban J connectivity index is 2.34. The van der Waals surface area contributed by atoms with Crippen LogP contribution in [0.1, 0.15) is 24.2 Å². The van der Waals surface area contributed by atoms with Crippen molar-refractivity contribution in [2.75, 3.05) is 19.8 Å². The zero-order valence-corrected chi connectivity index (χ0v) is 14.4. The molecule has 0 aromatic heterocycles. The van der Waals surface area contributed by atoms with Crippen LogP contribution in [0.2, 0.25) is 0 Å². The third-order valence-corrected chi connectivity index (χ3v) is 2.72. The number of nitrogens with one attached hydrogen (secondary N) is 2. The van der Waals surface area contributed by atoms with Crippen molar-refractivity contribution in [3.8, 4) is 5.75 Å². The van der Waals surface area contributed by atoms with Crippen LogP contribution >= 0.6 is 0 Å². The molecular formula is C17H20N2O7. The highest BCUT2D eigenvalue weighted by Crippen LogP contribution is 2.12. The van der Waals surface area contributed by atoms with Crippen molar-refractivity contribution in [2.45, 2.75) is 13.8 Å². The topological polar surface area (TPSA) is 120 Å². The van der Waals surface area contributed by atoms with Crippen molar-refractivity contribution in [2.24, 2.45) is 0 Å². The molecule has 140 valence electrons. The molecule has 9 heteroatoms. The van der Waals surface area contributed by atoms with Gasteiger partial charge in [0.15, 0.2) is 6.61 Å². The first-order valence-electron chi connectivity index (χ1n) is 7.79. The molecule has 2 amide bonds. The lowest BCUT2D eigenvalue weighted by atomic mass is 10.2. The Morgan fingerprint density at radius 2 is 1.58 bits per heavy atom. The van der Waals surface area contributed by atoms with Crippen LogP contribution in [-0.2, 0) is 23.9 Å². The molecule has 0 aliphatic rings. The third-order valence-electron chi connectivity index (χ3n) is 2.72. The zero-order valence-electron chi connectivity index (χ0n) is 14.4. The Morgan fingerprint density at radius 1 is 0.923 bits per heavy atom. The Labute approximate surface area is 150 Å². The lowest BCUT2D eigenvalue weighted by Gasteiger charge is -2.08. The van der Waals surface area contributed by atoms with Gasteiger partial charge in [0, 0.05) is 12.2 Å². The summed E-state index contributed by atoms with van der Waals surface area (Å²) in [5.74, 6) is -2.07. The van der Waals surface area contributed by atoms with Crippen LogP contribution in [0.4, 0.5) is 0 Å². The van der Waals surface area contributed by atoms with Crippen LogP contribution in [0.3, 0.4) is 0 Å². The zero-order chi connectivity index (χ0) is 19.4. The maximum Gasteiger partial charge on any atom is 0.338 e. The summed E-state index contributed by atoms with van der Waals surface area (Å²) in [7, 11) is 0. The number of hydrazine groups is 1. The summed E-state index contributed by atoms with van der Waals surface area (Å²) in [5, 5.41) is 0. The minimum absolute atomic E-state index is 0.194. The van der Waals surface area contributed by atoms with E-state index in [2.05, 4.69) is 15.6 Å². The van der Waals surface area contributed by atoms with Gasteiger partial charge in [-0.15, -0.1) is 0 Å². The smallest absolute Gasteiger partial charge is 0.338 e. The van der Waals surface area contributed by atoms with E-state index in [9.17, 15) is 19.2 Å². The average Bonchev–Trinajstić information content (AvgIpc) is 2.64. The standard InChI is InChI=1S/C17H20N2O7/c1-3-24-16(22)10-9-14(20)18-19-15(21)11-26-13-7-5-12(6-8-13)17(23)25-4-2/h5-10H,3-4,11H2,1-2H3,(H,18,20)(H,19,21). The number of ether oxygens (including phenoxy) is 3. The molecule has 26 heavy (non-hydrogen) atoms. The maximum atomic E-state index is 11.6. The van der Waals surface area contributed by atoms with Crippen molar-refractivity contribution >= 4 is 23.8 Å². The highest BCUT2D eigenvalue weighted by Gasteiger charge is 2.07. The molecule has 0 bridgehead atoms. The number of amides is 2. The molecule has 0 radical (unpaired) electrons. The number of esters is 2. The number of rotatable bonds is 8. The first-order valence-corrected chi connectivity index (χ1v) is 7.79. The fourth-order valence-corrected chi connectivity index (χ4v) is 1.59. The van der Waals surface area contributed by atoms with Crippen LogP contribution < -0.4 is 15.6 Å². The maximum absolute atomic E-state index is 11.6. The molecule has 2 N–H and O–H groups in total. The van der Waals surface area contributed by atoms with Gasteiger partial charge in [0.1, 0.15) is 5.75 Å². The quantitative estimate of drug-likeness (QED) is 0.392. The fourth-order valence-electron chi connectivity index (χ4n) is 1.59. The molecular weight excluding hydrogens is 344 g/mol. The molecule has 1 rings (SSSR count). The predicted molar refractivity (Wildman–Crippen MR) is 90.0 cm³/mol. The lowest BCUT2D eigenvalue weighted by Crippen LogP contribution is -2.43. The first kappa shape index (κ1) is 20.7. The number of benzene rings is 1. The normalized spacial score (nSPS) is 10.1. The second kappa shape index (κ2) is 11.2. The average molecular weight is 364 g/mol. The van der Waals surface area contributed by atoms with E-state index < -0.39 is 23.8 Å². The number of hydrogen-bond acceptors (Lipinski definition) is 7. The highest BCUT2D eigenvalue weighted by atomic mass is 16.5. The molecule has 0 spiro atoms. The van der Waals surface area contributed by atoms with E-state index in [1.807, 2.05) is 0 Å². The Kier molecular flexibility index (Phi) is 8.94. The predicted octanol–water partition coefficient (Wildman–Crippen LogP) is 0.509.